The number of nitrogens with zero attached hydrogens (tertiary/aromatic N) is 1. The van der Waals surface area contributed by atoms with Crippen molar-refractivity contribution in [2.75, 3.05) is 25.9 Å². The summed E-state index contributed by atoms with van der Waals surface area (Å²) in [7, 11) is 1.78. The Morgan fingerprint density at radius 2 is 2.27 bits per heavy atom. The van der Waals surface area contributed by atoms with Gasteiger partial charge in [0.25, 0.3) is 0 Å². The molecule has 0 radical (unpaired) electrons. The largest absolute Gasteiger partial charge is 0.383 e. The fourth-order valence-corrected chi connectivity index (χ4v) is 4.52. The van der Waals surface area contributed by atoms with E-state index in [2.05, 4.69) is 21.7 Å². The summed E-state index contributed by atoms with van der Waals surface area (Å²) in [5.41, 5.74) is 1.54. The molecule has 0 aromatic heterocycles. The Balaban J connectivity index is 1.54. The number of thioether (sulfide) groups is 1. The van der Waals surface area contributed by atoms with E-state index in [-0.39, 0.29) is 0 Å². The monoisotopic (exact) mass is 319 g/mol. The zero-order chi connectivity index (χ0) is 15.4. The molecule has 1 aromatic rings. The molecule has 120 valence electrons. The standard InChI is InChI=1S/C17H25N3OS/c1-18-16(19-11-14-6-4-10-22-14)20-12-17(21)9-8-13-5-2-3-7-15(13)17/h2-3,5,7,14,21H,4,6,8-12H2,1H3,(H2,18,19,20). The maximum absolute atomic E-state index is 10.9. The first-order valence-electron chi connectivity index (χ1n) is 8.08. The van der Waals surface area contributed by atoms with E-state index >= 15 is 0 Å². The van der Waals surface area contributed by atoms with Crippen molar-refractivity contribution in [1.82, 2.24) is 10.6 Å². The van der Waals surface area contributed by atoms with Crippen LogP contribution >= 0.6 is 11.8 Å². The van der Waals surface area contributed by atoms with Gasteiger partial charge in [-0.2, -0.15) is 11.8 Å². The SMILES string of the molecule is CN=C(NCC1CCCS1)NCC1(O)CCc2ccccc21. The minimum atomic E-state index is -0.781. The second-order valence-corrected chi connectivity index (χ2v) is 7.54. The highest BCUT2D eigenvalue weighted by Crippen LogP contribution is 2.36. The van der Waals surface area contributed by atoms with Crippen LogP contribution in [0.2, 0.25) is 0 Å². The first-order chi connectivity index (χ1) is 10.7. The quantitative estimate of drug-likeness (QED) is 0.586. The number of fused-ring (bicyclic) bond motifs is 1. The molecule has 22 heavy (non-hydrogen) atoms. The summed E-state index contributed by atoms with van der Waals surface area (Å²) < 4.78 is 0. The van der Waals surface area contributed by atoms with Crippen LogP contribution in [0.4, 0.5) is 0 Å². The third kappa shape index (κ3) is 3.41. The summed E-state index contributed by atoms with van der Waals surface area (Å²) in [5.74, 6) is 2.06. The van der Waals surface area contributed by atoms with Gasteiger partial charge in [-0.05, 0) is 42.6 Å². The molecule has 2 unspecified atom stereocenters. The molecule has 0 amide bonds. The lowest BCUT2D eigenvalue weighted by molar-refractivity contribution is 0.0432. The number of guanidine groups is 1. The van der Waals surface area contributed by atoms with E-state index in [1.807, 2.05) is 30.0 Å². The van der Waals surface area contributed by atoms with Gasteiger partial charge in [-0.1, -0.05) is 24.3 Å². The Bertz CT molecular complexity index is 542. The number of aryl methyl sites for hydroxylation is 1. The van der Waals surface area contributed by atoms with Crippen LogP contribution in [0, 0.1) is 0 Å². The molecular formula is C17H25N3OS. The van der Waals surface area contributed by atoms with Crippen LogP contribution in [-0.4, -0.2) is 42.2 Å². The molecule has 2 aliphatic rings. The first-order valence-corrected chi connectivity index (χ1v) is 9.13. The lowest BCUT2D eigenvalue weighted by Gasteiger charge is -2.26. The summed E-state index contributed by atoms with van der Waals surface area (Å²) in [5, 5.41) is 18.3. The molecule has 1 saturated heterocycles. The molecule has 1 fully saturated rings. The second kappa shape index (κ2) is 6.92. The van der Waals surface area contributed by atoms with Crippen LogP contribution in [0.1, 0.15) is 30.4 Å². The molecule has 1 aromatic carbocycles. The van der Waals surface area contributed by atoms with Crippen molar-refractivity contribution < 1.29 is 5.11 Å². The van der Waals surface area contributed by atoms with Gasteiger partial charge in [0.1, 0.15) is 5.60 Å². The lowest BCUT2D eigenvalue weighted by Crippen LogP contribution is -2.46. The van der Waals surface area contributed by atoms with Crippen LogP contribution in [0.3, 0.4) is 0 Å². The van der Waals surface area contributed by atoms with E-state index < -0.39 is 5.60 Å². The molecule has 0 bridgehead atoms. The molecular weight excluding hydrogens is 294 g/mol. The third-order valence-electron chi connectivity index (χ3n) is 4.62. The maximum atomic E-state index is 10.9. The summed E-state index contributed by atoms with van der Waals surface area (Å²) in [4.78, 5) is 4.27. The zero-order valence-corrected chi connectivity index (χ0v) is 14.0. The fourth-order valence-electron chi connectivity index (χ4n) is 3.32. The molecule has 0 spiro atoms. The van der Waals surface area contributed by atoms with Crippen molar-refractivity contribution in [3.05, 3.63) is 35.4 Å². The molecule has 5 heteroatoms. The van der Waals surface area contributed by atoms with Crippen LogP contribution in [0.25, 0.3) is 0 Å². The highest BCUT2D eigenvalue weighted by atomic mass is 32.2. The van der Waals surface area contributed by atoms with E-state index in [1.165, 1.54) is 24.2 Å². The van der Waals surface area contributed by atoms with Crippen molar-refractivity contribution in [3.63, 3.8) is 0 Å². The Morgan fingerprint density at radius 1 is 1.41 bits per heavy atom. The number of benzene rings is 1. The number of hydrogen-bond acceptors (Lipinski definition) is 3. The molecule has 3 rings (SSSR count). The first kappa shape index (κ1) is 15.7. The summed E-state index contributed by atoms with van der Waals surface area (Å²) in [6.07, 6.45) is 4.32. The minimum absolute atomic E-state index is 0.501. The predicted octanol–water partition coefficient (Wildman–Crippen LogP) is 1.88. The van der Waals surface area contributed by atoms with Gasteiger partial charge in [-0.25, -0.2) is 0 Å². The van der Waals surface area contributed by atoms with Crippen LogP contribution in [0.15, 0.2) is 29.3 Å². The summed E-state index contributed by atoms with van der Waals surface area (Å²) in [6, 6.07) is 8.18. The van der Waals surface area contributed by atoms with Crippen molar-refractivity contribution in [1.29, 1.82) is 0 Å². The van der Waals surface area contributed by atoms with Crippen molar-refractivity contribution >= 4 is 17.7 Å². The molecule has 1 aliphatic carbocycles. The molecule has 3 N–H and O–H groups in total. The molecule has 4 nitrogen and oxygen atoms in total. The van der Waals surface area contributed by atoms with Gasteiger partial charge < -0.3 is 15.7 Å². The second-order valence-electron chi connectivity index (χ2n) is 6.13. The maximum Gasteiger partial charge on any atom is 0.191 e. The minimum Gasteiger partial charge on any atom is -0.383 e. The average Bonchev–Trinajstić information content (AvgIpc) is 3.17. The third-order valence-corrected chi connectivity index (χ3v) is 6.02. The highest BCUT2D eigenvalue weighted by Gasteiger charge is 2.36. The van der Waals surface area contributed by atoms with Gasteiger partial charge in [0.05, 0.1) is 6.54 Å². The summed E-state index contributed by atoms with van der Waals surface area (Å²) >= 11 is 2.03. The topological polar surface area (TPSA) is 56.7 Å². The normalized spacial score (nSPS) is 27.7. The summed E-state index contributed by atoms with van der Waals surface area (Å²) in [6.45, 7) is 1.45. The Kier molecular flexibility index (Phi) is 4.93. The van der Waals surface area contributed by atoms with Gasteiger partial charge >= 0.3 is 0 Å². The molecule has 1 aliphatic heterocycles. The average molecular weight is 319 g/mol. The van der Waals surface area contributed by atoms with Gasteiger partial charge in [-0.15, -0.1) is 0 Å². The Morgan fingerprint density at radius 3 is 3.05 bits per heavy atom. The number of aliphatic hydroxyl groups is 1. The van der Waals surface area contributed by atoms with Gasteiger partial charge in [-0.3, -0.25) is 4.99 Å². The molecule has 1 heterocycles. The Labute approximate surface area is 136 Å². The number of hydrogen-bond donors (Lipinski definition) is 3. The van der Waals surface area contributed by atoms with E-state index in [9.17, 15) is 5.11 Å². The molecule has 2 atom stereocenters. The van der Waals surface area contributed by atoms with Gasteiger partial charge in [0, 0.05) is 18.8 Å². The molecule has 0 saturated carbocycles. The van der Waals surface area contributed by atoms with Crippen LogP contribution in [-0.2, 0) is 12.0 Å². The number of nitrogens with one attached hydrogen (secondary N) is 2. The fraction of sp³-hybridized carbons (Fsp3) is 0.588. The van der Waals surface area contributed by atoms with Crippen molar-refractivity contribution in [2.24, 2.45) is 4.99 Å². The van der Waals surface area contributed by atoms with Gasteiger partial charge in [0.15, 0.2) is 5.96 Å². The van der Waals surface area contributed by atoms with Crippen LogP contribution in [0.5, 0.6) is 0 Å². The van der Waals surface area contributed by atoms with Crippen LogP contribution < -0.4 is 10.6 Å². The van der Waals surface area contributed by atoms with E-state index in [1.54, 1.807) is 7.05 Å². The highest BCUT2D eigenvalue weighted by molar-refractivity contribution is 8.00. The van der Waals surface area contributed by atoms with Crippen molar-refractivity contribution in [2.45, 2.75) is 36.5 Å². The Hall–Kier alpha value is -1.20. The smallest absolute Gasteiger partial charge is 0.191 e. The number of rotatable bonds is 4. The predicted molar refractivity (Wildman–Crippen MR) is 93.5 cm³/mol. The lowest BCUT2D eigenvalue weighted by atomic mass is 9.96. The van der Waals surface area contributed by atoms with Crippen molar-refractivity contribution in [3.8, 4) is 0 Å². The zero-order valence-electron chi connectivity index (χ0n) is 13.1. The van der Waals surface area contributed by atoms with Gasteiger partial charge in [0.2, 0.25) is 0 Å². The van der Waals surface area contributed by atoms with E-state index in [0.29, 0.717) is 11.8 Å². The van der Waals surface area contributed by atoms with E-state index in [4.69, 9.17) is 0 Å². The number of aliphatic imine (C=N–C) groups is 1. The van der Waals surface area contributed by atoms with E-state index in [0.717, 1.165) is 30.9 Å².